The Kier molecular flexibility index (Phi) is 14.0. The van der Waals surface area contributed by atoms with Crippen LogP contribution in [0.2, 0.25) is 0 Å². The van der Waals surface area contributed by atoms with Crippen LogP contribution in [0.1, 0.15) is 42.0 Å². The number of imidazole rings is 2. The molecule has 0 amide bonds. The molecule has 3 aliphatic heterocycles. The molecule has 0 radical (unpaired) electrons. The number of morpholine rings is 1. The van der Waals surface area contributed by atoms with Gasteiger partial charge in [-0.1, -0.05) is 54.6 Å². The molecular weight excluding hydrogens is 924 g/mol. The summed E-state index contributed by atoms with van der Waals surface area (Å²) < 4.78 is 69.2. The molecule has 0 saturated carbocycles. The zero-order valence-electron chi connectivity index (χ0n) is 38.6. The maximum Gasteiger partial charge on any atom is 0.406 e. The number of nitrogen functional groups attached to an aromatic ring is 2. The van der Waals surface area contributed by atoms with Crippen molar-refractivity contribution in [1.82, 2.24) is 49.0 Å². The summed E-state index contributed by atoms with van der Waals surface area (Å²) in [5.74, 6) is 1.77. The number of aliphatic hydroxyl groups excluding tert-OH is 1. The average molecular weight is 979 g/mol. The Labute approximate surface area is 402 Å². The van der Waals surface area contributed by atoms with Crippen LogP contribution in [0, 0.1) is 0 Å². The third-order valence-electron chi connectivity index (χ3n) is 12.9. The Balaban J connectivity index is 0.977. The van der Waals surface area contributed by atoms with E-state index in [1.807, 2.05) is 78.9 Å². The van der Waals surface area contributed by atoms with Crippen molar-refractivity contribution in [1.29, 1.82) is 0 Å². The van der Waals surface area contributed by atoms with Crippen LogP contribution >= 0.6 is 7.75 Å². The summed E-state index contributed by atoms with van der Waals surface area (Å²) >= 11 is 0. The minimum absolute atomic E-state index is 0.0787. The fraction of sp³-hybridized carbons (Fsp3) is 0.404. The Hall–Kier alpha value is -6.17. The number of nitrogens with two attached hydrogens (primary N) is 2. The molecule has 0 aliphatic carbocycles. The number of aliphatic hydroxyl groups is 1. The number of nitrogens with one attached hydrogen (secondary N) is 1. The van der Waals surface area contributed by atoms with Crippen LogP contribution in [0.25, 0.3) is 22.3 Å². The second-order valence-corrected chi connectivity index (χ2v) is 18.9. The predicted molar refractivity (Wildman–Crippen MR) is 254 cm³/mol. The van der Waals surface area contributed by atoms with Gasteiger partial charge in [0.25, 0.3) is 0 Å². The molecule has 10 rings (SSSR count). The molecule has 22 nitrogen and oxygen atoms in total. The highest BCUT2D eigenvalue weighted by Crippen LogP contribution is 2.51. The summed E-state index contributed by atoms with van der Waals surface area (Å²) in [6.45, 7) is 3.01. The molecule has 3 fully saturated rings. The van der Waals surface area contributed by atoms with Crippen molar-refractivity contribution in [3.8, 4) is 11.5 Å². The molecule has 3 aromatic carbocycles. The Morgan fingerprint density at radius 3 is 1.87 bits per heavy atom. The lowest BCUT2D eigenvalue weighted by Gasteiger charge is -2.37. The van der Waals surface area contributed by atoms with E-state index >= 15 is 4.57 Å². The van der Waals surface area contributed by atoms with Crippen LogP contribution < -0.4 is 26.0 Å². The summed E-state index contributed by atoms with van der Waals surface area (Å²) in [5.41, 5.74) is 15.2. The van der Waals surface area contributed by atoms with Crippen molar-refractivity contribution in [3.05, 3.63) is 121 Å². The summed E-state index contributed by atoms with van der Waals surface area (Å²) in [6, 6.07) is 25.3. The number of methoxy groups -OCH3 is 2. The van der Waals surface area contributed by atoms with Crippen molar-refractivity contribution in [2.75, 3.05) is 78.3 Å². The third-order valence-corrected chi connectivity index (χ3v) is 14.6. The highest BCUT2D eigenvalue weighted by atomic mass is 31.2. The first-order chi connectivity index (χ1) is 34.1. The van der Waals surface area contributed by atoms with Gasteiger partial charge in [0.15, 0.2) is 22.9 Å². The average Bonchev–Trinajstić information content (AvgIpc) is 4.20. The zero-order valence-corrected chi connectivity index (χ0v) is 39.5. The number of hydrogen-bond donors (Lipinski definition) is 4. The second-order valence-electron chi connectivity index (χ2n) is 17.1. The lowest BCUT2D eigenvalue weighted by molar-refractivity contribution is -0.0923. The molecule has 7 atom stereocenters. The number of fused-ring (bicyclic) bond motifs is 2. The fourth-order valence-electron chi connectivity index (χ4n) is 9.24. The molecule has 0 bridgehead atoms. The van der Waals surface area contributed by atoms with Gasteiger partial charge in [0.2, 0.25) is 0 Å². The van der Waals surface area contributed by atoms with E-state index in [1.165, 1.54) is 19.0 Å². The maximum absolute atomic E-state index is 15.4. The quantitative estimate of drug-likeness (QED) is 0.0653. The number of hydrogen-bond acceptors (Lipinski definition) is 19. The minimum atomic E-state index is -4.28. The lowest BCUT2D eigenvalue weighted by atomic mass is 9.80. The number of aromatic nitrogens is 8. The first-order valence-corrected chi connectivity index (χ1v) is 24.5. The zero-order chi connectivity index (χ0) is 48.2. The number of ether oxygens (including phenoxy) is 6. The van der Waals surface area contributed by atoms with Gasteiger partial charge in [0, 0.05) is 39.0 Å². The van der Waals surface area contributed by atoms with Crippen molar-refractivity contribution >= 4 is 41.7 Å². The predicted octanol–water partition coefficient (Wildman–Crippen LogP) is 4.22. The Morgan fingerprint density at radius 1 is 0.729 bits per heavy atom. The molecule has 368 valence electrons. The molecule has 7 aromatic rings. The molecule has 6 N–H and O–H groups in total. The van der Waals surface area contributed by atoms with E-state index in [9.17, 15) is 5.11 Å². The first kappa shape index (κ1) is 47.5. The molecule has 3 aliphatic rings. The van der Waals surface area contributed by atoms with E-state index in [0.717, 1.165) is 16.7 Å². The van der Waals surface area contributed by atoms with Gasteiger partial charge in [-0.3, -0.25) is 23.1 Å². The van der Waals surface area contributed by atoms with Crippen molar-refractivity contribution < 1.29 is 47.1 Å². The largest absolute Gasteiger partial charge is 0.497 e. The molecule has 23 heteroatoms. The molecule has 3 saturated heterocycles. The lowest BCUT2D eigenvalue weighted by Crippen LogP contribution is -2.41. The highest BCUT2D eigenvalue weighted by Gasteiger charge is 2.47. The number of anilines is 2. The van der Waals surface area contributed by atoms with Crippen molar-refractivity contribution in [3.63, 3.8) is 0 Å². The third kappa shape index (κ3) is 9.67. The minimum Gasteiger partial charge on any atom is -0.497 e. The topological polar surface area (TPSA) is 266 Å². The SMILES string of the molecule is COc1ccc(C(OC[C@H]2O[C@@H](n3cnc4c(N)ncnc43)C[C@@H]2OP(=O)(NCCN2CCOCC2)OC[C@H]2O[C@@H](n3cnc4c(N)ncnc43)C[C@@H]2O)(c2ccccc2)c2ccc(OC)cc2)cc1. The second kappa shape index (κ2) is 20.7. The van der Waals surface area contributed by atoms with Crippen molar-refractivity contribution in [2.45, 2.75) is 55.3 Å². The first-order valence-electron chi connectivity index (χ1n) is 23.0. The van der Waals surface area contributed by atoms with E-state index < -0.39 is 50.2 Å². The van der Waals surface area contributed by atoms with Crippen LogP contribution in [0.4, 0.5) is 11.6 Å². The summed E-state index contributed by atoms with van der Waals surface area (Å²) in [4.78, 5) is 28.0. The highest BCUT2D eigenvalue weighted by molar-refractivity contribution is 7.51. The number of benzene rings is 3. The number of rotatable bonds is 19. The van der Waals surface area contributed by atoms with Crippen molar-refractivity contribution in [2.24, 2.45) is 0 Å². The van der Waals surface area contributed by atoms with Gasteiger partial charge >= 0.3 is 7.75 Å². The van der Waals surface area contributed by atoms with Crippen LogP contribution in [0.15, 0.2) is 104 Å². The van der Waals surface area contributed by atoms with Crippen LogP contribution in [-0.2, 0) is 38.2 Å². The van der Waals surface area contributed by atoms with Gasteiger partial charge in [0.05, 0.1) is 59.4 Å². The van der Waals surface area contributed by atoms with Gasteiger partial charge in [-0.15, -0.1) is 0 Å². The van der Waals surface area contributed by atoms with Gasteiger partial charge in [-0.2, -0.15) is 0 Å². The van der Waals surface area contributed by atoms with E-state index in [4.69, 9.17) is 48.9 Å². The molecule has 1 unspecified atom stereocenters. The van der Waals surface area contributed by atoms with E-state index in [-0.39, 0.29) is 44.2 Å². The fourth-order valence-corrected chi connectivity index (χ4v) is 10.8. The molecule has 7 heterocycles. The van der Waals surface area contributed by atoms with Crippen LogP contribution in [-0.4, -0.2) is 140 Å². The maximum atomic E-state index is 15.4. The summed E-state index contributed by atoms with van der Waals surface area (Å²) in [5, 5.41) is 14.5. The van der Waals surface area contributed by atoms with Gasteiger partial charge in [-0.25, -0.2) is 39.6 Å². The van der Waals surface area contributed by atoms with Crippen LogP contribution in [0.5, 0.6) is 11.5 Å². The molecule has 70 heavy (non-hydrogen) atoms. The van der Waals surface area contributed by atoms with E-state index in [2.05, 4.69) is 39.9 Å². The van der Waals surface area contributed by atoms with E-state index in [1.54, 1.807) is 29.7 Å². The Morgan fingerprint density at radius 2 is 1.29 bits per heavy atom. The standard InChI is InChI=1S/C47H55N12O10P/c1-62-33-12-8-31(9-13-33)47(30-6-4-3-5-7-30,32-10-14-34(63-2)15-11-32)65-24-38-36(23-40(68-38)59-29-55-42-44(49)51-27-53-46(42)59)69-70(61,56-16-17-57-18-20-64-21-19-57)66-25-37-35(60)22-39(67-37)58-28-54-41-43(48)50-26-52-45(41)58/h3-15,26-29,35-40,60H,16-25H2,1-2H3,(H,56,61)(H2,48,50,52)(H2,49,51,53)/t35-,36-,37+,38+,39+,40+,70?/m0/s1. The number of nitrogens with zero attached hydrogens (tertiary/aromatic N) is 9. The summed E-state index contributed by atoms with van der Waals surface area (Å²) in [6.07, 6.45) is 1.03. The van der Waals surface area contributed by atoms with Gasteiger partial charge < -0.3 is 45.0 Å². The Bertz CT molecular complexity index is 2860. The van der Waals surface area contributed by atoms with Gasteiger partial charge in [-0.05, 0) is 41.0 Å². The van der Waals surface area contributed by atoms with E-state index in [0.29, 0.717) is 66.7 Å². The summed E-state index contributed by atoms with van der Waals surface area (Å²) in [7, 11) is -1.05. The molecular formula is C47H55N12O10P. The molecule has 4 aromatic heterocycles. The van der Waals surface area contributed by atoms with Crippen LogP contribution in [0.3, 0.4) is 0 Å². The monoisotopic (exact) mass is 978 g/mol. The molecule has 0 spiro atoms. The van der Waals surface area contributed by atoms with Gasteiger partial charge in [0.1, 0.15) is 71.6 Å². The normalized spacial score (nSPS) is 23.0. The smallest absolute Gasteiger partial charge is 0.406 e.